The Bertz CT molecular complexity index is 520. The topological polar surface area (TPSA) is 78.2 Å². The van der Waals surface area contributed by atoms with Gasteiger partial charge in [0.2, 0.25) is 0 Å². The van der Waals surface area contributed by atoms with Crippen LogP contribution in [0.1, 0.15) is 5.56 Å². The lowest BCUT2D eigenvalue weighted by Crippen LogP contribution is -1.94. The van der Waals surface area contributed by atoms with Crippen LogP contribution >= 0.6 is 33.3 Å². The van der Waals surface area contributed by atoms with Gasteiger partial charge in [-0.2, -0.15) is 5.26 Å². The van der Waals surface area contributed by atoms with Gasteiger partial charge in [-0.25, -0.2) is 8.42 Å². The Kier molecular flexibility index (Phi) is 3.24. The van der Waals surface area contributed by atoms with Crippen LogP contribution in [0.25, 0.3) is 0 Å². The number of rotatable bonds is 1. The smallest absolute Gasteiger partial charge is 0.265 e. The molecule has 0 aliphatic heterocycles. The number of hydrogen-bond acceptors (Lipinski definition) is 4. The summed E-state index contributed by atoms with van der Waals surface area (Å²) in [5, 5.41) is 17.9. The van der Waals surface area contributed by atoms with Gasteiger partial charge in [0.1, 0.15) is 16.7 Å². The third kappa shape index (κ3) is 2.29. The first-order valence-electron chi connectivity index (χ1n) is 3.23. The molecule has 0 aromatic heterocycles. The number of nitrogens with zero attached hydrogens (tertiary/aromatic N) is 1. The van der Waals surface area contributed by atoms with E-state index in [0.717, 1.165) is 12.1 Å². The van der Waals surface area contributed by atoms with E-state index in [0.29, 0.717) is 3.57 Å². The summed E-state index contributed by atoms with van der Waals surface area (Å²) in [6.45, 7) is 0. The van der Waals surface area contributed by atoms with Crippen molar-refractivity contribution >= 4 is 42.3 Å². The summed E-state index contributed by atoms with van der Waals surface area (Å²) in [6, 6.07) is 4.03. The first kappa shape index (κ1) is 11.6. The molecule has 0 amide bonds. The number of nitriles is 1. The van der Waals surface area contributed by atoms with Crippen LogP contribution in [0.4, 0.5) is 0 Å². The number of hydrogen-bond donors (Lipinski definition) is 1. The summed E-state index contributed by atoms with van der Waals surface area (Å²) in [7, 11) is 1.08. The lowest BCUT2D eigenvalue weighted by molar-refractivity contribution is 0.459. The van der Waals surface area contributed by atoms with E-state index < -0.39 is 14.8 Å². The second-order valence-corrected chi connectivity index (χ2v) is 6.05. The Morgan fingerprint density at radius 1 is 1.50 bits per heavy atom. The van der Waals surface area contributed by atoms with Crippen molar-refractivity contribution in [3.63, 3.8) is 0 Å². The minimum absolute atomic E-state index is 0.201. The van der Waals surface area contributed by atoms with Gasteiger partial charge in [-0.1, -0.05) is 0 Å². The number of benzene rings is 1. The molecule has 1 rings (SSSR count). The van der Waals surface area contributed by atoms with E-state index in [-0.39, 0.29) is 10.5 Å². The van der Waals surface area contributed by atoms with E-state index in [1.165, 1.54) is 0 Å². The normalized spacial score (nSPS) is 10.9. The molecule has 7 heteroatoms. The molecular formula is C7H3ClINO3S. The standard InChI is InChI=1S/C7H3ClINO3S/c8-14(12,13)7-2-5(9)4(3-10)1-6(7)11/h1-2,11H. The van der Waals surface area contributed by atoms with Gasteiger partial charge in [0.25, 0.3) is 9.05 Å². The van der Waals surface area contributed by atoms with E-state index >= 15 is 0 Å². The van der Waals surface area contributed by atoms with Gasteiger partial charge in [-0.3, -0.25) is 0 Å². The minimum Gasteiger partial charge on any atom is -0.506 e. The Morgan fingerprint density at radius 2 is 2.07 bits per heavy atom. The van der Waals surface area contributed by atoms with Gasteiger partial charge in [0.15, 0.2) is 0 Å². The predicted octanol–water partition coefficient (Wildman–Crippen LogP) is 1.80. The maximum Gasteiger partial charge on any atom is 0.265 e. The molecule has 0 bridgehead atoms. The second kappa shape index (κ2) is 3.92. The van der Waals surface area contributed by atoms with Crippen molar-refractivity contribution in [2.24, 2.45) is 0 Å². The summed E-state index contributed by atoms with van der Waals surface area (Å²) in [5.41, 5.74) is 0.201. The summed E-state index contributed by atoms with van der Waals surface area (Å²) in [5.74, 6) is -0.517. The van der Waals surface area contributed by atoms with Gasteiger partial charge in [0, 0.05) is 20.3 Å². The fourth-order valence-electron chi connectivity index (χ4n) is 0.825. The zero-order valence-corrected chi connectivity index (χ0v) is 10.3. The molecule has 0 atom stereocenters. The Hall–Kier alpha value is -0.520. The van der Waals surface area contributed by atoms with E-state index in [1.807, 2.05) is 6.07 Å². The van der Waals surface area contributed by atoms with Gasteiger partial charge >= 0.3 is 0 Å². The van der Waals surface area contributed by atoms with E-state index in [2.05, 4.69) is 0 Å². The molecule has 1 aromatic carbocycles. The zero-order chi connectivity index (χ0) is 10.9. The monoisotopic (exact) mass is 343 g/mol. The summed E-state index contributed by atoms with van der Waals surface area (Å²) in [4.78, 5) is -0.387. The molecule has 0 fully saturated rings. The third-order valence-corrected chi connectivity index (χ3v) is 3.68. The van der Waals surface area contributed by atoms with Gasteiger partial charge < -0.3 is 5.11 Å². The van der Waals surface area contributed by atoms with Gasteiger partial charge in [-0.05, 0) is 28.7 Å². The third-order valence-electron chi connectivity index (χ3n) is 1.43. The molecule has 14 heavy (non-hydrogen) atoms. The lowest BCUT2D eigenvalue weighted by atomic mass is 10.2. The van der Waals surface area contributed by atoms with Gasteiger partial charge in [0.05, 0.1) is 5.56 Å². The lowest BCUT2D eigenvalue weighted by Gasteiger charge is -2.02. The van der Waals surface area contributed by atoms with Crippen LogP contribution in [0, 0.1) is 14.9 Å². The van der Waals surface area contributed by atoms with E-state index in [1.54, 1.807) is 22.6 Å². The van der Waals surface area contributed by atoms with Crippen LogP contribution in [-0.2, 0) is 9.05 Å². The van der Waals surface area contributed by atoms with E-state index in [9.17, 15) is 13.5 Å². The maximum atomic E-state index is 10.9. The summed E-state index contributed by atoms with van der Waals surface area (Å²) >= 11 is 1.79. The van der Waals surface area contributed by atoms with Crippen LogP contribution in [0.2, 0.25) is 0 Å². The Morgan fingerprint density at radius 3 is 2.50 bits per heavy atom. The second-order valence-electron chi connectivity index (χ2n) is 2.35. The SMILES string of the molecule is N#Cc1cc(O)c(S(=O)(=O)Cl)cc1I. The molecule has 4 nitrogen and oxygen atoms in total. The highest BCUT2D eigenvalue weighted by Gasteiger charge is 2.17. The molecule has 1 aromatic rings. The highest BCUT2D eigenvalue weighted by Crippen LogP contribution is 2.29. The van der Waals surface area contributed by atoms with Crippen molar-refractivity contribution in [1.29, 1.82) is 5.26 Å². The van der Waals surface area contributed by atoms with Gasteiger partial charge in [-0.15, -0.1) is 0 Å². The average molecular weight is 344 g/mol. The molecular weight excluding hydrogens is 341 g/mol. The first-order chi connectivity index (χ1) is 6.36. The molecule has 0 unspecified atom stereocenters. The van der Waals surface area contributed by atoms with Crippen LogP contribution in [-0.4, -0.2) is 13.5 Å². The molecule has 74 valence electrons. The van der Waals surface area contributed by atoms with Crippen molar-refractivity contribution in [2.45, 2.75) is 4.90 Å². The molecule has 0 heterocycles. The highest BCUT2D eigenvalue weighted by molar-refractivity contribution is 14.1. The summed E-state index contributed by atoms with van der Waals surface area (Å²) < 4.78 is 22.3. The van der Waals surface area contributed by atoms with Crippen LogP contribution in [0.5, 0.6) is 5.75 Å². The maximum absolute atomic E-state index is 10.9. The van der Waals surface area contributed by atoms with Crippen molar-refractivity contribution in [3.8, 4) is 11.8 Å². The highest BCUT2D eigenvalue weighted by atomic mass is 127. The molecule has 0 saturated heterocycles. The predicted molar refractivity (Wildman–Crippen MR) is 58.6 cm³/mol. The molecule has 1 N–H and O–H groups in total. The number of aromatic hydroxyl groups is 1. The molecule has 0 aliphatic rings. The number of phenols is 1. The van der Waals surface area contributed by atoms with Crippen LogP contribution < -0.4 is 0 Å². The quantitative estimate of drug-likeness (QED) is 0.623. The fraction of sp³-hybridized carbons (Fsp3) is 0. The van der Waals surface area contributed by atoms with Crippen LogP contribution in [0.15, 0.2) is 17.0 Å². The zero-order valence-electron chi connectivity index (χ0n) is 6.53. The number of halogens is 2. The fourth-order valence-corrected chi connectivity index (χ4v) is 2.56. The number of phenolic OH excluding ortho intramolecular Hbond substituents is 1. The Labute approximate surface area is 98.7 Å². The van der Waals surface area contributed by atoms with E-state index in [4.69, 9.17) is 15.9 Å². The first-order valence-corrected chi connectivity index (χ1v) is 6.62. The van der Waals surface area contributed by atoms with Crippen molar-refractivity contribution in [3.05, 3.63) is 21.3 Å². The van der Waals surface area contributed by atoms with Crippen molar-refractivity contribution in [1.82, 2.24) is 0 Å². The Balaban J connectivity index is 3.54. The largest absolute Gasteiger partial charge is 0.506 e. The van der Waals surface area contributed by atoms with Crippen LogP contribution in [0.3, 0.4) is 0 Å². The average Bonchev–Trinajstić information content (AvgIpc) is 2.06. The molecule has 0 spiro atoms. The summed E-state index contributed by atoms with van der Waals surface area (Å²) in [6.07, 6.45) is 0. The molecule has 0 radical (unpaired) electrons. The minimum atomic E-state index is -3.97. The molecule has 0 aliphatic carbocycles. The molecule has 0 saturated carbocycles. The van der Waals surface area contributed by atoms with Crippen molar-refractivity contribution < 1.29 is 13.5 Å². The van der Waals surface area contributed by atoms with Crippen molar-refractivity contribution in [2.75, 3.05) is 0 Å².